The van der Waals surface area contributed by atoms with Crippen LogP contribution in [0.1, 0.15) is 20.3 Å². The number of hydrogen-bond acceptors (Lipinski definition) is 3. The van der Waals surface area contributed by atoms with Crippen molar-refractivity contribution in [2.24, 2.45) is 0 Å². The van der Waals surface area contributed by atoms with E-state index < -0.39 is 6.09 Å². The van der Waals surface area contributed by atoms with Crippen LogP contribution in [0.4, 0.5) is 4.79 Å². The Bertz CT molecular complexity index is 298. The van der Waals surface area contributed by atoms with E-state index in [1.165, 1.54) is 0 Å². The van der Waals surface area contributed by atoms with Crippen LogP contribution in [0.2, 0.25) is 0 Å². The van der Waals surface area contributed by atoms with Crippen molar-refractivity contribution in [1.29, 1.82) is 0 Å². The largest absolute Gasteiger partial charge is 0.445 e. The zero-order valence-electron chi connectivity index (χ0n) is 10.4. The average Bonchev–Trinajstić information content (AvgIpc) is 2.32. The molecule has 5 heteroatoms. The quantitative estimate of drug-likeness (QED) is 0.660. The normalized spacial score (nSPS) is 10.6. The van der Waals surface area contributed by atoms with E-state index in [1.54, 1.807) is 6.08 Å². The molecule has 0 aliphatic heterocycles. The maximum absolute atomic E-state index is 11.2. The predicted octanol–water partition coefficient (Wildman–Crippen LogP) is 1.37. The molecule has 0 heterocycles. The number of allylic oxidation sites excluding steroid dienone is 1. The van der Waals surface area contributed by atoms with Crippen molar-refractivity contribution >= 4 is 12.0 Å². The fraction of sp³-hybridized carbons (Fsp3) is 0.500. The van der Waals surface area contributed by atoms with Crippen molar-refractivity contribution in [3.05, 3.63) is 24.3 Å². The molecule has 0 aliphatic rings. The molecule has 0 saturated heterocycles. The molecular formula is C12H20N2O3. The molecule has 0 spiro atoms. The first-order chi connectivity index (χ1) is 8.13. The van der Waals surface area contributed by atoms with Gasteiger partial charge in [0.05, 0.1) is 6.54 Å². The summed E-state index contributed by atoms with van der Waals surface area (Å²) in [6.45, 7) is 8.03. The Morgan fingerprint density at radius 3 is 2.53 bits per heavy atom. The molecule has 17 heavy (non-hydrogen) atoms. The van der Waals surface area contributed by atoms with Crippen LogP contribution in [-0.2, 0) is 9.53 Å². The summed E-state index contributed by atoms with van der Waals surface area (Å²) in [6.07, 6.45) is 3.80. The number of alkyl carbamates (subject to hydrolysis) is 1. The summed E-state index contributed by atoms with van der Waals surface area (Å²) in [5, 5.41) is 4.91. The second-order valence-electron chi connectivity index (χ2n) is 3.27. The molecule has 0 fully saturated rings. The molecule has 2 amide bonds. The Hall–Kier alpha value is -1.78. The van der Waals surface area contributed by atoms with Gasteiger partial charge in [0, 0.05) is 6.54 Å². The van der Waals surface area contributed by atoms with Crippen LogP contribution in [0.3, 0.4) is 0 Å². The number of hydrogen-bond donors (Lipinski definition) is 2. The van der Waals surface area contributed by atoms with Gasteiger partial charge in [-0.15, -0.1) is 0 Å². The van der Waals surface area contributed by atoms with E-state index in [0.717, 1.165) is 12.0 Å². The summed E-state index contributed by atoms with van der Waals surface area (Å²) in [7, 11) is 0. The number of likely N-dealkylation sites (N-methyl/N-ethyl adjacent to an activating group) is 1. The van der Waals surface area contributed by atoms with Gasteiger partial charge in [-0.25, -0.2) is 4.79 Å². The Balaban J connectivity index is 3.83. The molecule has 0 aliphatic carbocycles. The molecule has 5 nitrogen and oxygen atoms in total. The minimum Gasteiger partial charge on any atom is -0.445 e. The van der Waals surface area contributed by atoms with Crippen molar-refractivity contribution in [3.63, 3.8) is 0 Å². The predicted molar refractivity (Wildman–Crippen MR) is 66.6 cm³/mol. The van der Waals surface area contributed by atoms with E-state index in [4.69, 9.17) is 4.74 Å². The van der Waals surface area contributed by atoms with E-state index in [0.29, 0.717) is 6.54 Å². The monoisotopic (exact) mass is 240 g/mol. The van der Waals surface area contributed by atoms with Gasteiger partial charge in [0.15, 0.2) is 0 Å². The molecule has 0 bridgehead atoms. The van der Waals surface area contributed by atoms with E-state index in [9.17, 15) is 9.59 Å². The minimum absolute atomic E-state index is 0.0758. The summed E-state index contributed by atoms with van der Waals surface area (Å²) in [5.74, 6) is -0.238. The lowest BCUT2D eigenvalue weighted by atomic mass is 10.2. The molecule has 0 aromatic carbocycles. The summed E-state index contributed by atoms with van der Waals surface area (Å²) in [4.78, 5) is 22.2. The maximum Gasteiger partial charge on any atom is 0.407 e. The van der Waals surface area contributed by atoms with E-state index in [1.807, 2.05) is 19.9 Å². The number of ether oxygens (including phenoxy) is 1. The summed E-state index contributed by atoms with van der Waals surface area (Å²) < 4.78 is 4.91. The molecule has 96 valence electrons. The smallest absolute Gasteiger partial charge is 0.407 e. The molecule has 0 radical (unpaired) electrons. The van der Waals surface area contributed by atoms with Gasteiger partial charge in [0.1, 0.15) is 6.61 Å². The topological polar surface area (TPSA) is 67.4 Å². The number of amides is 2. The Morgan fingerprint density at radius 1 is 1.29 bits per heavy atom. The van der Waals surface area contributed by atoms with Crippen LogP contribution >= 0.6 is 0 Å². The minimum atomic E-state index is -0.611. The van der Waals surface area contributed by atoms with Crippen molar-refractivity contribution < 1.29 is 14.3 Å². The molecule has 0 aromatic rings. The SMILES string of the molecule is C=C/C(=C\CC)COC(=O)NCC(=O)NCC. The van der Waals surface area contributed by atoms with Gasteiger partial charge in [0.25, 0.3) is 0 Å². The van der Waals surface area contributed by atoms with Crippen molar-refractivity contribution in [2.45, 2.75) is 20.3 Å². The molecule has 0 rings (SSSR count). The zero-order valence-corrected chi connectivity index (χ0v) is 10.4. The lowest BCUT2D eigenvalue weighted by Gasteiger charge is -2.07. The van der Waals surface area contributed by atoms with Gasteiger partial charge in [-0.3, -0.25) is 4.79 Å². The van der Waals surface area contributed by atoms with Gasteiger partial charge >= 0.3 is 6.09 Å². The number of carbonyl (C=O) groups is 2. The second-order valence-corrected chi connectivity index (χ2v) is 3.27. The highest BCUT2D eigenvalue weighted by molar-refractivity contribution is 5.82. The first-order valence-corrected chi connectivity index (χ1v) is 5.62. The highest BCUT2D eigenvalue weighted by Crippen LogP contribution is 1.98. The second kappa shape index (κ2) is 9.45. The van der Waals surface area contributed by atoms with Gasteiger partial charge in [0.2, 0.25) is 5.91 Å². The van der Waals surface area contributed by atoms with Gasteiger partial charge in [-0.1, -0.05) is 25.7 Å². The summed E-state index contributed by atoms with van der Waals surface area (Å²) in [5.41, 5.74) is 0.848. The first kappa shape index (κ1) is 15.2. The Labute approximate surface area is 102 Å². The van der Waals surface area contributed by atoms with Crippen LogP contribution in [0, 0.1) is 0 Å². The van der Waals surface area contributed by atoms with Gasteiger partial charge in [-0.2, -0.15) is 0 Å². The van der Waals surface area contributed by atoms with Crippen molar-refractivity contribution in [1.82, 2.24) is 10.6 Å². The van der Waals surface area contributed by atoms with Gasteiger partial charge in [-0.05, 0) is 18.9 Å². The average molecular weight is 240 g/mol. The van der Waals surface area contributed by atoms with E-state index in [2.05, 4.69) is 17.2 Å². The van der Waals surface area contributed by atoms with Crippen molar-refractivity contribution in [3.8, 4) is 0 Å². The lowest BCUT2D eigenvalue weighted by Crippen LogP contribution is -2.37. The number of rotatable bonds is 7. The molecular weight excluding hydrogens is 220 g/mol. The number of carbonyl (C=O) groups excluding carboxylic acids is 2. The highest BCUT2D eigenvalue weighted by atomic mass is 16.5. The highest BCUT2D eigenvalue weighted by Gasteiger charge is 2.05. The van der Waals surface area contributed by atoms with E-state index >= 15 is 0 Å². The van der Waals surface area contributed by atoms with Gasteiger partial charge < -0.3 is 15.4 Å². The maximum atomic E-state index is 11.2. The van der Waals surface area contributed by atoms with E-state index in [-0.39, 0.29) is 19.1 Å². The third kappa shape index (κ3) is 8.07. The molecule has 0 saturated carbocycles. The molecule has 0 unspecified atom stereocenters. The zero-order chi connectivity index (χ0) is 13.1. The fourth-order valence-electron chi connectivity index (χ4n) is 1.08. The summed E-state index contributed by atoms with van der Waals surface area (Å²) in [6, 6.07) is 0. The lowest BCUT2D eigenvalue weighted by molar-refractivity contribution is -0.120. The van der Waals surface area contributed by atoms with Crippen LogP contribution in [0.15, 0.2) is 24.3 Å². The van der Waals surface area contributed by atoms with Crippen LogP contribution in [0.5, 0.6) is 0 Å². The molecule has 0 atom stereocenters. The Kier molecular flexibility index (Phi) is 8.46. The number of nitrogens with one attached hydrogen (secondary N) is 2. The van der Waals surface area contributed by atoms with Crippen LogP contribution < -0.4 is 10.6 Å². The molecule has 0 aromatic heterocycles. The molecule has 2 N–H and O–H groups in total. The standard InChI is InChI=1S/C12H20N2O3/c1-4-7-10(5-2)9-17-12(16)14-8-11(15)13-6-3/h5,7H,2,4,6,8-9H2,1,3H3,(H,13,15)(H,14,16)/b10-7+. The Morgan fingerprint density at radius 2 is 2.00 bits per heavy atom. The first-order valence-electron chi connectivity index (χ1n) is 5.62. The fourth-order valence-corrected chi connectivity index (χ4v) is 1.08. The third-order valence-electron chi connectivity index (χ3n) is 1.87. The summed E-state index contributed by atoms with van der Waals surface area (Å²) >= 11 is 0. The van der Waals surface area contributed by atoms with Crippen LogP contribution in [-0.4, -0.2) is 31.7 Å². The van der Waals surface area contributed by atoms with Crippen LogP contribution in [0.25, 0.3) is 0 Å². The third-order valence-corrected chi connectivity index (χ3v) is 1.87. The van der Waals surface area contributed by atoms with Crippen molar-refractivity contribution in [2.75, 3.05) is 19.7 Å².